The predicted molar refractivity (Wildman–Crippen MR) is 249 cm³/mol. The minimum atomic E-state index is -0.261. The molecule has 278 valence electrons. The van der Waals surface area contributed by atoms with Crippen LogP contribution in [0.25, 0.3) is 87.6 Å². The molecule has 1 aliphatic carbocycles. The Morgan fingerprint density at radius 1 is 0.390 bits per heavy atom. The van der Waals surface area contributed by atoms with Crippen molar-refractivity contribution in [1.29, 1.82) is 0 Å². The van der Waals surface area contributed by atoms with Gasteiger partial charge in [0.2, 0.25) is 0 Å². The minimum absolute atomic E-state index is 0.261. The molecule has 0 aliphatic heterocycles. The SMILES string of the molecule is CC1(C)c2cc3ccccc3cc2-c2cccc(N(c3ccc(-c4ccc5oc6ccccc6c5c4)cc3)c3ccc4ccccc4c3-c3cccc4ccccc34)c21. The molecule has 1 aromatic heterocycles. The first-order chi connectivity index (χ1) is 29.0. The molecule has 0 saturated heterocycles. The number of nitrogens with zero attached hydrogens (tertiary/aromatic N) is 1. The third-order valence-electron chi connectivity index (χ3n) is 12.8. The van der Waals surface area contributed by atoms with E-state index in [1.54, 1.807) is 0 Å². The molecule has 10 aromatic carbocycles. The summed E-state index contributed by atoms with van der Waals surface area (Å²) < 4.78 is 6.19. The number of benzene rings is 10. The molecule has 0 fully saturated rings. The van der Waals surface area contributed by atoms with E-state index in [-0.39, 0.29) is 5.41 Å². The second kappa shape index (κ2) is 12.8. The van der Waals surface area contributed by atoms with Crippen LogP contribution in [0.1, 0.15) is 25.0 Å². The third kappa shape index (κ3) is 5.13. The van der Waals surface area contributed by atoms with E-state index in [1.807, 2.05) is 12.1 Å². The van der Waals surface area contributed by atoms with E-state index in [0.29, 0.717) is 0 Å². The van der Waals surface area contributed by atoms with Crippen LogP contribution in [0.3, 0.4) is 0 Å². The highest BCUT2D eigenvalue weighted by Gasteiger charge is 2.39. The third-order valence-corrected chi connectivity index (χ3v) is 12.8. The van der Waals surface area contributed by atoms with Crippen LogP contribution >= 0.6 is 0 Å². The zero-order valence-electron chi connectivity index (χ0n) is 32.9. The molecule has 2 heteroatoms. The molecule has 0 N–H and O–H groups in total. The summed E-state index contributed by atoms with van der Waals surface area (Å²) in [6.07, 6.45) is 0. The molecule has 1 aliphatic rings. The molecule has 59 heavy (non-hydrogen) atoms. The fourth-order valence-electron chi connectivity index (χ4n) is 10.0. The van der Waals surface area contributed by atoms with Crippen LogP contribution in [0.4, 0.5) is 17.1 Å². The van der Waals surface area contributed by atoms with Gasteiger partial charge >= 0.3 is 0 Å². The number of fused-ring (bicyclic) bond motifs is 9. The zero-order valence-corrected chi connectivity index (χ0v) is 32.9. The van der Waals surface area contributed by atoms with Gasteiger partial charge in [-0.3, -0.25) is 0 Å². The highest BCUT2D eigenvalue weighted by molar-refractivity contribution is 6.12. The Hall–Kier alpha value is -7.42. The summed E-state index contributed by atoms with van der Waals surface area (Å²) in [5.41, 5.74) is 15.1. The zero-order chi connectivity index (χ0) is 39.2. The first-order valence-electron chi connectivity index (χ1n) is 20.5. The van der Waals surface area contributed by atoms with Crippen LogP contribution in [0.15, 0.2) is 205 Å². The van der Waals surface area contributed by atoms with Gasteiger partial charge in [-0.25, -0.2) is 0 Å². The van der Waals surface area contributed by atoms with Crippen molar-refractivity contribution in [3.8, 4) is 33.4 Å². The lowest BCUT2D eigenvalue weighted by Gasteiger charge is -2.34. The summed E-state index contributed by atoms with van der Waals surface area (Å²) in [5.74, 6) is 0. The van der Waals surface area contributed by atoms with Crippen LogP contribution in [0, 0.1) is 0 Å². The number of furan rings is 1. The van der Waals surface area contributed by atoms with Gasteiger partial charge in [-0.2, -0.15) is 0 Å². The van der Waals surface area contributed by atoms with Gasteiger partial charge in [-0.1, -0.05) is 159 Å². The van der Waals surface area contributed by atoms with Gasteiger partial charge in [0.05, 0.1) is 11.4 Å². The Balaban J connectivity index is 1.11. The fraction of sp³-hybridized carbons (Fsp3) is 0.0526. The highest BCUT2D eigenvalue weighted by Crippen LogP contribution is 2.56. The predicted octanol–water partition coefficient (Wildman–Crippen LogP) is 16.2. The molecule has 0 radical (unpaired) electrons. The van der Waals surface area contributed by atoms with E-state index in [9.17, 15) is 0 Å². The van der Waals surface area contributed by atoms with Gasteiger partial charge in [0.1, 0.15) is 11.2 Å². The molecule has 2 nitrogen and oxygen atoms in total. The van der Waals surface area contributed by atoms with Crippen molar-refractivity contribution in [1.82, 2.24) is 0 Å². The molecule has 11 aromatic rings. The first kappa shape index (κ1) is 33.7. The Bertz CT molecular complexity index is 3470. The second-order valence-electron chi connectivity index (χ2n) is 16.5. The van der Waals surface area contributed by atoms with Crippen molar-refractivity contribution in [3.63, 3.8) is 0 Å². The average Bonchev–Trinajstić information content (AvgIpc) is 3.77. The minimum Gasteiger partial charge on any atom is -0.456 e. The van der Waals surface area contributed by atoms with Crippen molar-refractivity contribution < 1.29 is 4.42 Å². The summed E-state index contributed by atoms with van der Waals surface area (Å²) >= 11 is 0. The van der Waals surface area contributed by atoms with Crippen LogP contribution in [0.5, 0.6) is 0 Å². The molecule has 0 spiro atoms. The number of hydrogen-bond acceptors (Lipinski definition) is 2. The van der Waals surface area contributed by atoms with Crippen molar-refractivity contribution >= 4 is 71.3 Å². The van der Waals surface area contributed by atoms with Gasteiger partial charge in [0.25, 0.3) is 0 Å². The fourth-order valence-corrected chi connectivity index (χ4v) is 10.0. The van der Waals surface area contributed by atoms with Crippen LogP contribution < -0.4 is 4.90 Å². The van der Waals surface area contributed by atoms with Crippen molar-refractivity contribution in [3.05, 3.63) is 211 Å². The van der Waals surface area contributed by atoms with E-state index in [4.69, 9.17) is 4.42 Å². The monoisotopic (exact) mass is 753 g/mol. The van der Waals surface area contributed by atoms with E-state index in [0.717, 1.165) is 44.4 Å². The molecular weight excluding hydrogens is 715 g/mol. The summed E-state index contributed by atoms with van der Waals surface area (Å²) in [6.45, 7) is 4.80. The average molecular weight is 754 g/mol. The van der Waals surface area contributed by atoms with Gasteiger partial charge in [0.15, 0.2) is 0 Å². The van der Waals surface area contributed by atoms with E-state index in [1.165, 1.54) is 71.4 Å². The van der Waals surface area contributed by atoms with E-state index >= 15 is 0 Å². The molecule has 0 atom stereocenters. The standard InChI is InChI=1S/C57H39NO/c1-57(2)50-35-40-16-4-3-15-39(40)33-48(50)47-22-12-23-52(56(47)57)58(42-29-25-36(26-30-42)41-28-32-54-49(34-41)45-20-9-10-24-53(45)59-54)51-31-27-38-14-6-8-19-44(38)55(51)46-21-11-17-37-13-5-7-18-43(37)46/h3-35H,1-2H3. The summed E-state index contributed by atoms with van der Waals surface area (Å²) in [4.78, 5) is 2.53. The maximum Gasteiger partial charge on any atom is 0.135 e. The highest BCUT2D eigenvalue weighted by atomic mass is 16.3. The van der Waals surface area contributed by atoms with Crippen LogP contribution in [0.2, 0.25) is 0 Å². The largest absolute Gasteiger partial charge is 0.456 e. The van der Waals surface area contributed by atoms with Gasteiger partial charge in [-0.05, 0) is 126 Å². The molecule has 0 amide bonds. The Labute approximate surface area is 343 Å². The van der Waals surface area contributed by atoms with Gasteiger partial charge in [-0.15, -0.1) is 0 Å². The number of anilines is 3. The van der Waals surface area contributed by atoms with Crippen molar-refractivity contribution in [2.45, 2.75) is 19.3 Å². The van der Waals surface area contributed by atoms with Gasteiger partial charge in [0, 0.05) is 27.4 Å². The molecule has 0 bridgehead atoms. The summed E-state index contributed by atoms with van der Waals surface area (Å²) in [5, 5.41) is 9.72. The lowest BCUT2D eigenvalue weighted by Crippen LogP contribution is -2.21. The Morgan fingerprint density at radius 3 is 1.81 bits per heavy atom. The molecule has 12 rings (SSSR count). The summed E-state index contributed by atoms with van der Waals surface area (Å²) in [7, 11) is 0. The number of hydrogen-bond donors (Lipinski definition) is 0. The lowest BCUT2D eigenvalue weighted by atomic mass is 9.80. The molecule has 0 saturated carbocycles. The molecule has 1 heterocycles. The maximum absolute atomic E-state index is 6.19. The molecular formula is C57H39NO. The van der Waals surface area contributed by atoms with Gasteiger partial charge < -0.3 is 9.32 Å². The quantitative estimate of drug-likeness (QED) is 0.174. The van der Waals surface area contributed by atoms with E-state index in [2.05, 4.69) is 207 Å². The van der Waals surface area contributed by atoms with Crippen LogP contribution in [-0.2, 0) is 5.41 Å². The number of rotatable bonds is 5. The van der Waals surface area contributed by atoms with Crippen LogP contribution in [-0.4, -0.2) is 0 Å². The Kier molecular flexibility index (Phi) is 7.31. The topological polar surface area (TPSA) is 16.4 Å². The number of para-hydroxylation sites is 1. The summed E-state index contributed by atoms with van der Waals surface area (Å²) in [6, 6.07) is 73.4. The van der Waals surface area contributed by atoms with Crippen molar-refractivity contribution in [2.75, 3.05) is 4.90 Å². The second-order valence-corrected chi connectivity index (χ2v) is 16.5. The normalized spacial score (nSPS) is 13.1. The van der Waals surface area contributed by atoms with E-state index < -0.39 is 0 Å². The first-order valence-corrected chi connectivity index (χ1v) is 20.5. The maximum atomic E-state index is 6.19. The lowest BCUT2D eigenvalue weighted by molar-refractivity contribution is 0.661. The smallest absolute Gasteiger partial charge is 0.135 e. The Morgan fingerprint density at radius 2 is 1.00 bits per heavy atom. The molecule has 0 unspecified atom stereocenters. The van der Waals surface area contributed by atoms with Crippen molar-refractivity contribution in [2.24, 2.45) is 0 Å².